The van der Waals surface area contributed by atoms with Gasteiger partial charge in [0, 0.05) is 11.4 Å². The van der Waals surface area contributed by atoms with Gasteiger partial charge < -0.3 is 4.74 Å². The van der Waals surface area contributed by atoms with Crippen LogP contribution in [-0.2, 0) is 4.79 Å². The molecule has 0 N–H and O–H groups in total. The van der Waals surface area contributed by atoms with Crippen molar-refractivity contribution in [2.24, 2.45) is 0 Å². The second-order valence-electron chi connectivity index (χ2n) is 7.40. The molecule has 2 aromatic heterocycles. The molecule has 0 saturated heterocycles. The third kappa shape index (κ3) is 3.74. The minimum absolute atomic E-state index is 0.0191. The van der Waals surface area contributed by atoms with Gasteiger partial charge in [0.1, 0.15) is 12.4 Å². The summed E-state index contributed by atoms with van der Waals surface area (Å²) in [5.74, 6) is 1.46. The summed E-state index contributed by atoms with van der Waals surface area (Å²) in [6.07, 6.45) is 0. The number of benzene rings is 2. The lowest BCUT2D eigenvalue weighted by Gasteiger charge is -2.37. The van der Waals surface area contributed by atoms with Crippen LogP contribution in [0.4, 0.5) is 5.69 Å². The van der Waals surface area contributed by atoms with Crippen molar-refractivity contribution < 1.29 is 9.53 Å². The Morgan fingerprint density at radius 3 is 2.71 bits per heavy atom. The maximum Gasteiger partial charge on any atom is 0.253 e. The normalized spacial score (nSPS) is 15.5. The van der Waals surface area contributed by atoms with E-state index in [1.165, 1.54) is 11.8 Å². The van der Waals surface area contributed by atoms with Crippen LogP contribution in [-0.4, -0.2) is 37.8 Å². The van der Waals surface area contributed by atoms with Gasteiger partial charge in [0.25, 0.3) is 5.78 Å². The fourth-order valence-corrected chi connectivity index (χ4v) is 4.50. The summed E-state index contributed by atoms with van der Waals surface area (Å²) in [5, 5.41) is 5.04. The number of para-hydroxylation sites is 2. The van der Waals surface area contributed by atoms with E-state index in [-0.39, 0.29) is 17.7 Å². The Hall–Kier alpha value is -3.39. The minimum atomic E-state index is -0.190. The number of hydrogen-bond acceptors (Lipinski definition) is 6. The third-order valence-corrected chi connectivity index (χ3v) is 6.03. The minimum Gasteiger partial charge on any atom is -0.489 e. The van der Waals surface area contributed by atoms with E-state index in [0.29, 0.717) is 23.3 Å². The molecule has 7 nitrogen and oxygen atoms in total. The zero-order valence-electron chi connectivity index (χ0n) is 17.2. The largest absolute Gasteiger partial charge is 0.489 e. The Morgan fingerprint density at radius 1 is 1.10 bits per heavy atom. The molecular formula is C23H21N5O2S. The lowest BCUT2D eigenvalue weighted by molar-refractivity contribution is -0.117. The first kappa shape index (κ1) is 19.6. The molecule has 156 valence electrons. The van der Waals surface area contributed by atoms with Gasteiger partial charge in [0.05, 0.1) is 17.5 Å². The Kier molecular flexibility index (Phi) is 5.07. The first-order valence-electron chi connectivity index (χ1n) is 10.0. The Bertz CT molecular complexity index is 1260. The molecule has 2 aromatic carbocycles. The van der Waals surface area contributed by atoms with Crippen molar-refractivity contribution >= 4 is 29.1 Å². The van der Waals surface area contributed by atoms with Gasteiger partial charge in [-0.1, -0.05) is 54.2 Å². The number of anilines is 1. The number of ether oxygens (including phenoxy) is 1. The SMILES string of the molecule is Cc1cc(C)n2nc(SCC(=O)N3c4ccccc4OC[C@@H]3c3ccccc3)nc2n1. The molecule has 8 heteroatoms. The molecule has 0 spiro atoms. The molecule has 0 radical (unpaired) electrons. The summed E-state index contributed by atoms with van der Waals surface area (Å²) < 4.78 is 7.67. The fraction of sp³-hybridized carbons (Fsp3) is 0.217. The van der Waals surface area contributed by atoms with Crippen LogP contribution in [0.15, 0.2) is 65.8 Å². The quantitative estimate of drug-likeness (QED) is 0.455. The van der Waals surface area contributed by atoms with E-state index in [1.54, 1.807) is 4.52 Å². The lowest BCUT2D eigenvalue weighted by atomic mass is 10.0. The smallest absolute Gasteiger partial charge is 0.253 e. The average molecular weight is 432 g/mol. The molecule has 3 heterocycles. The third-order valence-electron chi connectivity index (χ3n) is 5.21. The van der Waals surface area contributed by atoms with Crippen molar-refractivity contribution in [3.05, 3.63) is 77.6 Å². The summed E-state index contributed by atoms with van der Waals surface area (Å²) in [5.41, 5.74) is 3.67. The molecule has 0 saturated carbocycles. The van der Waals surface area contributed by atoms with E-state index in [2.05, 4.69) is 15.1 Å². The number of aromatic nitrogens is 4. The number of carbonyl (C=O) groups is 1. The van der Waals surface area contributed by atoms with Gasteiger partial charge in [0.2, 0.25) is 11.1 Å². The lowest BCUT2D eigenvalue weighted by Crippen LogP contribution is -2.42. The van der Waals surface area contributed by atoms with E-state index >= 15 is 0 Å². The molecule has 0 bridgehead atoms. The van der Waals surface area contributed by atoms with Crippen molar-refractivity contribution in [2.75, 3.05) is 17.3 Å². The van der Waals surface area contributed by atoms with Crippen molar-refractivity contribution in [1.29, 1.82) is 0 Å². The molecule has 1 aliphatic heterocycles. The van der Waals surface area contributed by atoms with Gasteiger partial charge in [-0.05, 0) is 37.6 Å². The number of carbonyl (C=O) groups excluding carboxylic acids is 1. The number of thioether (sulfide) groups is 1. The van der Waals surface area contributed by atoms with Crippen LogP contribution in [0.2, 0.25) is 0 Å². The van der Waals surface area contributed by atoms with Crippen LogP contribution in [0, 0.1) is 13.8 Å². The van der Waals surface area contributed by atoms with Crippen molar-refractivity contribution in [3.8, 4) is 5.75 Å². The Balaban J connectivity index is 1.42. The summed E-state index contributed by atoms with van der Waals surface area (Å²) in [6, 6.07) is 19.4. The number of aryl methyl sites for hydroxylation is 2. The molecule has 0 fully saturated rings. The number of rotatable bonds is 4. The van der Waals surface area contributed by atoms with E-state index in [4.69, 9.17) is 4.74 Å². The number of nitrogens with zero attached hydrogens (tertiary/aromatic N) is 5. The fourth-order valence-electron chi connectivity index (χ4n) is 3.82. The maximum atomic E-state index is 13.4. The van der Waals surface area contributed by atoms with E-state index in [9.17, 15) is 4.79 Å². The number of hydrogen-bond donors (Lipinski definition) is 0. The highest BCUT2D eigenvalue weighted by molar-refractivity contribution is 7.99. The average Bonchev–Trinajstić information content (AvgIpc) is 3.20. The van der Waals surface area contributed by atoms with Gasteiger partial charge >= 0.3 is 0 Å². The second-order valence-corrected chi connectivity index (χ2v) is 8.35. The van der Waals surface area contributed by atoms with E-state index in [1.807, 2.05) is 79.4 Å². The van der Waals surface area contributed by atoms with E-state index < -0.39 is 0 Å². The van der Waals surface area contributed by atoms with Gasteiger partial charge in [0.15, 0.2) is 0 Å². The van der Waals surface area contributed by atoms with Crippen molar-refractivity contribution in [1.82, 2.24) is 19.6 Å². The van der Waals surface area contributed by atoms with Gasteiger partial charge in [-0.15, -0.1) is 5.10 Å². The number of amides is 1. The van der Waals surface area contributed by atoms with Gasteiger partial charge in [-0.3, -0.25) is 9.69 Å². The highest BCUT2D eigenvalue weighted by Crippen LogP contribution is 2.39. The summed E-state index contributed by atoms with van der Waals surface area (Å²) in [4.78, 5) is 24.2. The topological polar surface area (TPSA) is 72.6 Å². The maximum absolute atomic E-state index is 13.4. The molecule has 1 atom stereocenters. The van der Waals surface area contributed by atoms with Gasteiger partial charge in [-0.2, -0.15) is 4.98 Å². The van der Waals surface area contributed by atoms with Crippen molar-refractivity contribution in [3.63, 3.8) is 0 Å². The van der Waals surface area contributed by atoms with Crippen molar-refractivity contribution in [2.45, 2.75) is 25.0 Å². The Morgan fingerprint density at radius 2 is 1.87 bits per heavy atom. The van der Waals surface area contributed by atoms with Crippen LogP contribution in [0.25, 0.3) is 5.78 Å². The first-order valence-corrected chi connectivity index (χ1v) is 11.0. The highest BCUT2D eigenvalue weighted by atomic mass is 32.2. The van der Waals surface area contributed by atoms with Crippen LogP contribution in [0.3, 0.4) is 0 Å². The molecular weight excluding hydrogens is 410 g/mol. The first-order chi connectivity index (χ1) is 15.1. The molecule has 1 amide bonds. The molecule has 5 rings (SSSR count). The molecule has 1 aliphatic rings. The summed E-state index contributed by atoms with van der Waals surface area (Å²) in [6.45, 7) is 4.30. The molecule has 0 aliphatic carbocycles. The molecule has 31 heavy (non-hydrogen) atoms. The zero-order chi connectivity index (χ0) is 21.4. The highest BCUT2D eigenvalue weighted by Gasteiger charge is 2.33. The van der Waals surface area contributed by atoms with Gasteiger partial charge in [-0.25, -0.2) is 9.50 Å². The Labute approximate surface area is 184 Å². The molecule has 0 unspecified atom stereocenters. The summed E-state index contributed by atoms with van der Waals surface area (Å²) >= 11 is 1.32. The summed E-state index contributed by atoms with van der Waals surface area (Å²) in [7, 11) is 0. The monoisotopic (exact) mass is 431 g/mol. The number of fused-ring (bicyclic) bond motifs is 2. The standard InChI is InChI=1S/C23H21N5O2S/c1-15-12-16(2)28-22(24-15)25-23(26-28)31-14-21(29)27-18-10-6-7-11-20(18)30-13-19(27)17-8-4-3-5-9-17/h3-12,19H,13-14H2,1-2H3/t19-/m1/s1. The van der Waals surface area contributed by atoms with Crippen LogP contribution < -0.4 is 9.64 Å². The van der Waals surface area contributed by atoms with Crippen LogP contribution in [0.5, 0.6) is 5.75 Å². The van der Waals surface area contributed by atoms with Crippen LogP contribution in [0.1, 0.15) is 23.0 Å². The second kappa shape index (κ2) is 8.03. The van der Waals surface area contributed by atoms with E-state index in [0.717, 1.165) is 22.6 Å². The predicted molar refractivity (Wildman–Crippen MR) is 120 cm³/mol. The predicted octanol–water partition coefficient (Wildman–Crippen LogP) is 4.00. The zero-order valence-corrected chi connectivity index (χ0v) is 18.0. The van der Waals surface area contributed by atoms with Crippen LogP contribution >= 0.6 is 11.8 Å². The molecule has 4 aromatic rings.